The summed E-state index contributed by atoms with van der Waals surface area (Å²) in [5, 5.41) is 53.1. The first-order chi connectivity index (χ1) is 16.1. The third kappa shape index (κ3) is 7.90. The summed E-state index contributed by atoms with van der Waals surface area (Å²) in [4.78, 5) is 27.8. The second-order valence-corrected chi connectivity index (χ2v) is 8.00. The first-order valence-electron chi connectivity index (χ1n) is 10.8. The van der Waals surface area contributed by atoms with Gasteiger partial charge in [0.15, 0.2) is 12.2 Å². The normalized spacial score (nSPS) is 27.0. The van der Waals surface area contributed by atoms with Crippen LogP contribution in [-0.2, 0) is 20.7 Å². The van der Waals surface area contributed by atoms with E-state index in [-0.39, 0.29) is 25.3 Å². The number of nitrogens with one attached hydrogen (secondary N) is 2. The van der Waals surface area contributed by atoms with Gasteiger partial charge < -0.3 is 52.4 Å². The molecular weight excluding hydrogens is 450 g/mol. The molecule has 0 bridgehead atoms. The van der Waals surface area contributed by atoms with Crippen molar-refractivity contribution in [1.29, 1.82) is 0 Å². The second kappa shape index (κ2) is 13.2. The molecule has 0 spiro atoms. The lowest BCUT2D eigenvalue weighted by atomic mass is 9.98. The van der Waals surface area contributed by atoms with Crippen LogP contribution < -0.4 is 22.1 Å². The highest BCUT2D eigenvalue weighted by molar-refractivity contribution is 5.86. The highest BCUT2D eigenvalue weighted by atomic mass is 16.6. The number of guanidine groups is 1. The minimum Gasteiger partial charge on any atom is -0.480 e. The molecule has 1 amide bonds. The summed E-state index contributed by atoms with van der Waals surface area (Å²) in [6, 6.07) is 6.83. The summed E-state index contributed by atoms with van der Waals surface area (Å²) in [5.74, 6) is -1.89. The highest BCUT2D eigenvalue weighted by Crippen LogP contribution is 2.19. The van der Waals surface area contributed by atoms with Gasteiger partial charge in [-0.05, 0) is 18.4 Å². The molecular formula is C21H33N5O8. The molecule has 1 saturated heterocycles. The van der Waals surface area contributed by atoms with Gasteiger partial charge in [0.05, 0.1) is 12.6 Å². The van der Waals surface area contributed by atoms with Crippen LogP contribution in [0.2, 0.25) is 0 Å². The van der Waals surface area contributed by atoms with Crippen LogP contribution in [0.5, 0.6) is 0 Å². The van der Waals surface area contributed by atoms with Gasteiger partial charge >= 0.3 is 5.97 Å². The van der Waals surface area contributed by atoms with Gasteiger partial charge in [0.25, 0.3) is 0 Å². The number of ether oxygens (including phenoxy) is 1. The quantitative estimate of drug-likeness (QED) is 0.0855. The molecule has 0 saturated carbocycles. The number of hydrogen-bond donors (Lipinski definition) is 9. The fraction of sp³-hybridized carbons (Fsp3) is 0.571. The third-order valence-electron chi connectivity index (χ3n) is 5.37. The molecule has 0 radical (unpaired) electrons. The van der Waals surface area contributed by atoms with E-state index in [0.717, 1.165) is 5.56 Å². The average Bonchev–Trinajstić information content (AvgIpc) is 2.82. The predicted octanol–water partition coefficient (Wildman–Crippen LogP) is -3.39. The number of hydrogen-bond acceptors (Lipinski definition) is 9. The molecule has 190 valence electrons. The largest absolute Gasteiger partial charge is 0.480 e. The van der Waals surface area contributed by atoms with Crippen LogP contribution in [0, 0.1) is 0 Å². The molecule has 0 aromatic heterocycles. The van der Waals surface area contributed by atoms with Gasteiger partial charge in [-0.3, -0.25) is 9.79 Å². The molecule has 7 atom stereocenters. The Hall–Kier alpha value is -2.81. The zero-order valence-electron chi connectivity index (χ0n) is 18.5. The monoisotopic (exact) mass is 483 g/mol. The lowest BCUT2D eigenvalue weighted by Gasteiger charge is -2.40. The third-order valence-corrected chi connectivity index (χ3v) is 5.37. The van der Waals surface area contributed by atoms with Crippen molar-refractivity contribution in [2.24, 2.45) is 16.5 Å². The number of carbonyl (C=O) groups excluding carboxylic acids is 1. The number of carbonyl (C=O) groups is 2. The van der Waals surface area contributed by atoms with Crippen LogP contribution >= 0.6 is 0 Å². The molecule has 0 aliphatic carbocycles. The molecule has 2 rings (SSSR count). The van der Waals surface area contributed by atoms with E-state index in [4.69, 9.17) is 16.2 Å². The van der Waals surface area contributed by atoms with Crippen LogP contribution in [0.15, 0.2) is 35.3 Å². The maximum Gasteiger partial charge on any atom is 0.326 e. The van der Waals surface area contributed by atoms with E-state index in [0.29, 0.717) is 6.42 Å². The number of nitrogens with zero attached hydrogens (tertiary/aromatic N) is 1. The molecule has 1 aromatic carbocycles. The van der Waals surface area contributed by atoms with E-state index in [1.165, 1.54) is 0 Å². The Labute approximate surface area is 196 Å². The zero-order valence-corrected chi connectivity index (χ0v) is 18.5. The number of rotatable bonds is 11. The van der Waals surface area contributed by atoms with Crippen molar-refractivity contribution in [2.45, 2.75) is 62.0 Å². The van der Waals surface area contributed by atoms with Crippen molar-refractivity contribution in [2.75, 3.05) is 13.2 Å². The number of aliphatic hydroxyl groups excluding tert-OH is 4. The Morgan fingerprint density at radius 1 is 1.12 bits per heavy atom. The fourth-order valence-corrected chi connectivity index (χ4v) is 3.38. The summed E-state index contributed by atoms with van der Waals surface area (Å²) in [6.45, 7) is -0.419. The van der Waals surface area contributed by atoms with Crippen LogP contribution in [-0.4, -0.2) is 99.2 Å². The molecule has 1 fully saturated rings. The maximum absolute atomic E-state index is 12.3. The lowest BCUT2D eigenvalue weighted by molar-refractivity contribution is -0.232. The SMILES string of the molecule is NC(=NCCC[C@H](N)C(=O)N[C@@H](Cc1ccccc1)C(=O)O)N[C@@H]1O[C@H](CO)[C@H](O)[C@@H](O)[C@H]1O. The number of carboxylic acids is 1. The number of benzene rings is 1. The summed E-state index contributed by atoms with van der Waals surface area (Å²) in [7, 11) is 0. The lowest BCUT2D eigenvalue weighted by Crippen LogP contribution is -2.63. The molecule has 13 heteroatoms. The Morgan fingerprint density at radius 2 is 1.79 bits per heavy atom. The average molecular weight is 484 g/mol. The molecule has 1 aliphatic rings. The van der Waals surface area contributed by atoms with Crippen molar-refractivity contribution >= 4 is 17.8 Å². The van der Waals surface area contributed by atoms with Gasteiger partial charge in [-0.15, -0.1) is 0 Å². The van der Waals surface area contributed by atoms with Crippen molar-refractivity contribution in [1.82, 2.24) is 10.6 Å². The Morgan fingerprint density at radius 3 is 2.41 bits per heavy atom. The maximum atomic E-state index is 12.3. The van der Waals surface area contributed by atoms with Gasteiger partial charge in [0, 0.05) is 13.0 Å². The first-order valence-corrected chi connectivity index (χ1v) is 10.8. The number of amides is 1. The molecule has 34 heavy (non-hydrogen) atoms. The van der Waals surface area contributed by atoms with Crippen molar-refractivity contribution in [3.05, 3.63) is 35.9 Å². The van der Waals surface area contributed by atoms with Crippen molar-refractivity contribution < 1.29 is 39.9 Å². The van der Waals surface area contributed by atoms with Crippen molar-refractivity contribution in [3.8, 4) is 0 Å². The summed E-state index contributed by atoms with van der Waals surface area (Å²) >= 11 is 0. The number of carboxylic acid groups (broad SMARTS) is 1. The molecule has 11 N–H and O–H groups in total. The number of aliphatic carboxylic acids is 1. The van der Waals surface area contributed by atoms with E-state index >= 15 is 0 Å². The molecule has 0 unspecified atom stereocenters. The molecule has 1 heterocycles. The van der Waals surface area contributed by atoms with Gasteiger partial charge in [0.2, 0.25) is 5.91 Å². The van der Waals surface area contributed by atoms with E-state index in [2.05, 4.69) is 15.6 Å². The van der Waals surface area contributed by atoms with Crippen LogP contribution in [0.3, 0.4) is 0 Å². The van der Waals surface area contributed by atoms with Crippen LogP contribution in [0.4, 0.5) is 0 Å². The van der Waals surface area contributed by atoms with Gasteiger partial charge in [-0.1, -0.05) is 30.3 Å². The van der Waals surface area contributed by atoms with Crippen LogP contribution in [0.25, 0.3) is 0 Å². The Kier molecular flexibility index (Phi) is 10.6. The number of nitrogens with two attached hydrogens (primary N) is 2. The Bertz CT molecular complexity index is 825. The minimum absolute atomic E-state index is 0.124. The van der Waals surface area contributed by atoms with Gasteiger partial charge in [0.1, 0.15) is 30.5 Å². The smallest absolute Gasteiger partial charge is 0.326 e. The first kappa shape index (κ1) is 27.4. The van der Waals surface area contributed by atoms with Gasteiger partial charge in [-0.25, -0.2) is 4.79 Å². The predicted molar refractivity (Wildman–Crippen MR) is 120 cm³/mol. The van der Waals surface area contributed by atoms with Crippen molar-refractivity contribution in [3.63, 3.8) is 0 Å². The minimum atomic E-state index is -1.55. The van der Waals surface area contributed by atoms with E-state index in [9.17, 15) is 35.1 Å². The Balaban J connectivity index is 1.78. The molecule has 1 aromatic rings. The fourth-order valence-electron chi connectivity index (χ4n) is 3.38. The summed E-state index contributed by atoms with van der Waals surface area (Å²) in [6.07, 6.45) is -6.16. The van der Waals surface area contributed by atoms with E-state index in [1.54, 1.807) is 24.3 Å². The molecule has 1 aliphatic heterocycles. The highest BCUT2D eigenvalue weighted by Gasteiger charge is 2.43. The number of aliphatic imine (C=N–C) groups is 1. The topological polar surface area (TPSA) is 233 Å². The number of aliphatic hydroxyl groups is 4. The standard InChI is InChI=1S/C21H33N5O8/c22-12(18(31)25-13(20(32)33)9-11-5-2-1-3-6-11)7-4-8-24-21(23)26-19-17(30)16(29)15(28)14(10-27)34-19/h1-3,5-6,12-17,19,27-30H,4,7-10,22H2,(H,25,31)(H,32,33)(H3,23,24,26)/t12-,13-,14+,15-,16+,17+,19+/m0/s1. The van der Waals surface area contributed by atoms with E-state index in [1.807, 2.05) is 6.07 Å². The van der Waals surface area contributed by atoms with Gasteiger partial charge in [-0.2, -0.15) is 0 Å². The second-order valence-electron chi connectivity index (χ2n) is 8.00. The summed E-state index contributed by atoms with van der Waals surface area (Å²) < 4.78 is 5.27. The molecule has 13 nitrogen and oxygen atoms in total. The van der Waals surface area contributed by atoms with Crippen LogP contribution in [0.1, 0.15) is 18.4 Å². The zero-order chi connectivity index (χ0) is 25.3. The van der Waals surface area contributed by atoms with E-state index < -0.39 is 61.2 Å². The summed E-state index contributed by atoms with van der Waals surface area (Å²) in [5.41, 5.74) is 12.4.